The Labute approximate surface area is 81.8 Å². The fraction of sp³-hybridized carbons (Fsp3) is 0.833. The van der Waals surface area contributed by atoms with Gasteiger partial charge in [-0.15, -0.1) is 0 Å². The van der Waals surface area contributed by atoms with Crippen molar-refractivity contribution in [1.82, 2.24) is 4.90 Å². The third kappa shape index (κ3) is 2.49. The lowest BCUT2D eigenvalue weighted by atomic mass is 10.1. The molecular formula is C12H21N. The Morgan fingerprint density at radius 2 is 1.54 bits per heavy atom. The van der Waals surface area contributed by atoms with Gasteiger partial charge in [0.05, 0.1) is 0 Å². The van der Waals surface area contributed by atoms with Crippen LogP contribution >= 0.6 is 0 Å². The number of rotatable bonds is 1. The second kappa shape index (κ2) is 4.69. The van der Waals surface area contributed by atoms with E-state index >= 15 is 0 Å². The van der Waals surface area contributed by atoms with E-state index in [9.17, 15) is 0 Å². The van der Waals surface area contributed by atoms with Gasteiger partial charge < -0.3 is 4.90 Å². The first-order valence-corrected chi connectivity index (χ1v) is 5.91. The third-order valence-electron chi connectivity index (χ3n) is 3.28. The van der Waals surface area contributed by atoms with Crippen molar-refractivity contribution in [3.63, 3.8) is 0 Å². The maximum Gasteiger partial charge on any atom is 0.0174 e. The van der Waals surface area contributed by atoms with Gasteiger partial charge in [0.2, 0.25) is 0 Å². The van der Waals surface area contributed by atoms with Gasteiger partial charge in [0.25, 0.3) is 0 Å². The standard InChI is InChI=1S/C12H21N/c1-2-6-10-13(11-7-3-1)12-8-4-5-9-12/h8H,1-7,9-11H2. The van der Waals surface area contributed by atoms with Crippen molar-refractivity contribution in [2.75, 3.05) is 13.1 Å². The van der Waals surface area contributed by atoms with Crippen molar-refractivity contribution in [1.29, 1.82) is 0 Å². The summed E-state index contributed by atoms with van der Waals surface area (Å²) in [5.41, 5.74) is 1.65. The Morgan fingerprint density at radius 3 is 2.15 bits per heavy atom. The minimum Gasteiger partial charge on any atom is -0.375 e. The maximum absolute atomic E-state index is 2.64. The summed E-state index contributed by atoms with van der Waals surface area (Å²) in [7, 11) is 0. The van der Waals surface area contributed by atoms with Crippen LogP contribution in [0.4, 0.5) is 0 Å². The zero-order valence-electron chi connectivity index (χ0n) is 8.60. The van der Waals surface area contributed by atoms with E-state index in [1.54, 1.807) is 5.70 Å². The largest absolute Gasteiger partial charge is 0.375 e. The normalized spacial score (nSPS) is 25.2. The topological polar surface area (TPSA) is 3.24 Å². The molecule has 1 saturated heterocycles. The molecule has 0 radical (unpaired) electrons. The molecule has 1 nitrogen and oxygen atoms in total. The summed E-state index contributed by atoms with van der Waals surface area (Å²) in [5, 5.41) is 0. The number of allylic oxidation sites excluding steroid dienone is 2. The molecule has 1 aliphatic carbocycles. The highest BCUT2D eigenvalue weighted by molar-refractivity contribution is 5.06. The summed E-state index contributed by atoms with van der Waals surface area (Å²) < 4.78 is 0. The summed E-state index contributed by atoms with van der Waals surface area (Å²) in [4.78, 5) is 2.64. The van der Waals surface area contributed by atoms with Crippen LogP contribution < -0.4 is 0 Å². The zero-order chi connectivity index (χ0) is 8.93. The molecule has 1 heteroatoms. The Hall–Kier alpha value is -0.460. The summed E-state index contributed by atoms with van der Waals surface area (Å²) >= 11 is 0. The quantitative estimate of drug-likeness (QED) is 0.597. The molecule has 0 N–H and O–H groups in total. The first kappa shape index (κ1) is 9.11. The summed E-state index contributed by atoms with van der Waals surface area (Å²) in [6, 6.07) is 0. The minimum absolute atomic E-state index is 1.33. The number of likely N-dealkylation sites (tertiary alicyclic amines) is 1. The van der Waals surface area contributed by atoms with Gasteiger partial charge in [-0.25, -0.2) is 0 Å². The molecule has 0 aromatic rings. The monoisotopic (exact) mass is 179 g/mol. The highest BCUT2D eigenvalue weighted by atomic mass is 15.1. The molecule has 0 unspecified atom stereocenters. The molecule has 13 heavy (non-hydrogen) atoms. The van der Waals surface area contributed by atoms with E-state index in [0.29, 0.717) is 0 Å². The molecule has 1 heterocycles. The first-order valence-electron chi connectivity index (χ1n) is 5.91. The minimum atomic E-state index is 1.33. The van der Waals surface area contributed by atoms with E-state index in [1.807, 2.05) is 0 Å². The number of hydrogen-bond acceptors (Lipinski definition) is 1. The number of nitrogens with zero attached hydrogens (tertiary/aromatic N) is 1. The van der Waals surface area contributed by atoms with Crippen molar-refractivity contribution in [2.24, 2.45) is 0 Å². The van der Waals surface area contributed by atoms with Crippen LogP contribution in [0, 0.1) is 0 Å². The van der Waals surface area contributed by atoms with Crippen molar-refractivity contribution in [3.05, 3.63) is 11.8 Å². The smallest absolute Gasteiger partial charge is 0.0174 e. The fourth-order valence-corrected chi connectivity index (χ4v) is 2.48. The van der Waals surface area contributed by atoms with Gasteiger partial charge in [-0.3, -0.25) is 0 Å². The molecule has 0 saturated carbocycles. The summed E-state index contributed by atoms with van der Waals surface area (Å²) in [6.45, 7) is 2.65. The summed E-state index contributed by atoms with van der Waals surface area (Å²) in [6.07, 6.45) is 13.7. The van der Waals surface area contributed by atoms with E-state index in [0.717, 1.165) is 0 Å². The second-order valence-electron chi connectivity index (χ2n) is 4.34. The van der Waals surface area contributed by atoms with Crippen LogP contribution in [-0.4, -0.2) is 18.0 Å². The van der Waals surface area contributed by atoms with E-state index in [-0.39, 0.29) is 0 Å². The van der Waals surface area contributed by atoms with Crippen molar-refractivity contribution in [3.8, 4) is 0 Å². The van der Waals surface area contributed by atoms with Gasteiger partial charge in [0, 0.05) is 18.8 Å². The molecule has 0 amide bonds. The lowest BCUT2D eigenvalue weighted by molar-refractivity contribution is 0.300. The molecule has 2 rings (SSSR count). The van der Waals surface area contributed by atoms with E-state index in [2.05, 4.69) is 11.0 Å². The molecule has 1 fully saturated rings. The Balaban J connectivity index is 1.87. The molecule has 0 bridgehead atoms. The molecule has 74 valence electrons. The van der Waals surface area contributed by atoms with Gasteiger partial charge in [0.1, 0.15) is 0 Å². The van der Waals surface area contributed by atoms with Gasteiger partial charge in [-0.1, -0.05) is 25.3 Å². The maximum atomic E-state index is 2.64. The van der Waals surface area contributed by atoms with Crippen molar-refractivity contribution < 1.29 is 0 Å². The Kier molecular flexibility index (Phi) is 3.28. The predicted octanol–water partition coefficient (Wildman–Crippen LogP) is 3.32. The van der Waals surface area contributed by atoms with Crippen molar-refractivity contribution in [2.45, 2.75) is 51.4 Å². The van der Waals surface area contributed by atoms with E-state index in [1.165, 1.54) is 64.5 Å². The SMILES string of the molecule is C1=C(N2CCCCCCC2)CCC1. The molecular weight excluding hydrogens is 158 g/mol. The molecule has 0 aromatic carbocycles. The Bertz CT molecular complexity index is 176. The average molecular weight is 179 g/mol. The third-order valence-corrected chi connectivity index (χ3v) is 3.28. The molecule has 0 atom stereocenters. The highest BCUT2D eigenvalue weighted by Gasteiger charge is 2.13. The van der Waals surface area contributed by atoms with Crippen LogP contribution in [0.15, 0.2) is 11.8 Å². The van der Waals surface area contributed by atoms with Gasteiger partial charge >= 0.3 is 0 Å². The highest BCUT2D eigenvalue weighted by Crippen LogP contribution is 2.23. The van der Waals surface area contributed by atoms with Crippen LogP contribution in [0.2, 0.25) is 0 Å². The molecule has 1 aliphatic heterocycles. The van der Waals surface area contributed by atoms with Crippen molar-refractivity contribution >= 4 is 0 Å². The molecule has 2 aliphatic rings. The second-order valence-corrected chi connectivity index (χ2v) is 4.34. The molecule has 0 spiro atoms. The average Bonchev–Trinajstić information content (AvgIpc) is 2.55. The van der Waals surface area contributed by atoms with E-state index < -0.39 is 0 Å². The van der Waals surface area contributed by atoms with Crippen LogP contribution in [0.3, 0.4) is 0 Å². The van der Waals surface area contributed by atoms with Crippen LogP contribution in [0.5, 0.6) is 0 Å². The molecule has 0 aromatic heterocycles. The fourth-order valence-electron chi connectivity index (χ4n) is 2.48. The van der Waals surface area contributed by atoms with Gasteiger partial charge in [-0.05, 0) is 32.1 Å². The Morgan fingerprint density at radius 1 is 0.846 bits per heavy atom. The lowest BCUT2D eigenvalue weighted by Gasteiger charge is -2.27. The van der Waals surface area contributed by atoms with Gasteiger partial charge in [0.15, 0.2) is 0 Å². The zero-order valence-corrected chi connectivity index (χ0v) is 8.60. The van der Waals surface area contributed by atoms with E-state index in [4.69, 9.17) is 0 Å². The lowest BCUT2D eigenvalue weighted by Crippen LogP contribution is -2.25. The van der Waals surface area contributed by atoms with Crippen LogP contribution in [-0.2, 0) is 0 Å². The van der Waals surface area contributed by atoms with Crippen LogP contribution in [0.1, 0.15) is 51.4 Å². The number of hydrogen-bond donors (Lipinski definition) is 0. The van der Waals surface area contributed by atoms with Gasteiger partial charge in [-0.2, -0.15) is 0 Å². The predicted molar refractivity (Wildman–Crippen MR) is 56.6 cm³/mol. The van der Waals surface area contributed by atoms with Crippen LogP contribution in [0.25, 0.3) is 0 Å². The summed E-state index contributed by atoms with van der Waals surface area (Å²) in [5.74, 6) is 0. The first-order chi connectivity index (χ1) is 6.47.